The summed E-state index contributed by atoms with van der Waals surface area (Å²) in [6.07, 6.45) is 4.88. The van der Waals surface area contributed by atoms with Crippen LogP contribution in [0.25, 0.3) is 0 Å². The van der Waals surface area contributed by atoms with E-state index in [4.69, 9.17) is 9.47 Å². The number of ether oxygens (including phenoxy) is 2. The molecule has 164 valence electrons. The lowest BCUT2D eigenvalue weighted by Gasteiger charge is -2.51. The Morgan fingerprint density at radius 1 is 1.27 bits per heavy atom. The van der Waals surface area contributed by atoms with Crippen molar-refractivity contribution >= 4 is 5.97 Å². The number of aliphatic hydroxyl groups is 1. The van der Waals surface area contributed by atoms with Crippen LogP contribution in [0.4, 0.5) is 0 Å². The van der Waals surface area contributed by atoms with Crippen LogP contribution in [0.3, 0.4) is 0 Å². The third-order valence-corrected chi connectivity index (χ3v) is 8.35. The van der Waals surface area contributed by atoms with Gasteiger partial charge in [-0.05, 0) is 68.2 Å². The lowest BCUT2D eigenvalue weighted by atomic mass is 9.53. The summed E-state index contributed by atoms with van der Waals surface area (Å²) in [7, 11) is 1.95. The van der Waals surface area contributed by atoms with E-state index in [0.717, 1.165) is 31.4 Å². The van der Waals surface area contributed by atoms with Crippen molar-refractivity contribution in [2.24, 2.45) is 23.2 Å². The molecule has 2 saturated heterocycles. The van der Waals surface area contributed by atoms with Crippen LogP contribution in [0.2, 0.25) is 0 Å². The number of aliphatic hydroxyl groups excluding tert-OH is 1. The van der Waals surface area contributed by atoms with E-state index in [1.807, 2.05) is 11.9 Å². The summed E-state index contributed by atoms with van der Waals surface area (Å²) in [6, 6.07) is 6.62. The van der Waals surface area contributed by atoms with Gasteiger partial charge in [-0.25, -0.2) is 0 Å². The van der Waals surface area contributed by atoms with E-state index >= 15 is 0 Å². The lowest BCUT2D eigenvalue weighted by Crippen LogP contribution is -2.51. The second kappa shape index (κ2) is 7.21. The molecule has 1 spiro atoms. The number of likely N-dealkylation sites (N-methyl/N-ethyl adjacent to an activating group) is 1. The Morgan fingerprint density at radius 3 is 2.70 bits per heavy atom. The van der Waals surface area contributed by atoms with Crippen LogP contribution in [-0.4, -0.2) is 59.5 Å². The summed E-state index contributed by atoms with van der Waals surface area (Å²) in [6.45, 7) is 4.27. The van der Waals surface area contributed by atoms with Crippen molar-refractivity contribution in [3.63, 3.8) is 0 Å². The molecule has 0 bridgehead atoms. The first-order valence-electron chi connectivity index (χ1n) is 11.3. The maximum Gasteiger partial charge on any atom is 0.310 e. The van der Waals surface area contributed by atoms with Crippen LogP contribution in [-0.2, 0) is 14.3 Å². The van der Waals surface area contributed by atoms with Gasteiger partial charge in [-0.1, -0.05) is 19.1 Å². The maximum absolute atomic E-state index is 12.8. The lowest BCUT2D eigenvalue weighted by molar-refractivity contribution is -0.147. The molecule has 0 aromatic heterocycles. The van der Waals surface area contributed by atoms with Gasteiger partial charge in [0.05, 0.1) is 24.2 Å². The molecule has 30 heavy (non-hydrogen) atoms. The van der Waals surface area contributed by atoms with Crippen LogP contribution in [0.15, 0.2) is 24.3 Å². The summed E-state index contributed by atoms with van der Waals surface area (Å²) in [5, 5.41) is 20.0. The average molecular weight is 416 g/mol. The van der Waals surface area contributed by atoms with Crippen LogP contribution < -0.4 is 0 Å². The highest BCUT2D eigenvalue weighted by atomic mass is 16.6. The topological polar surface area (TPSA) is 82.5 Å². The Hall–Kier alpha value is -1.63. The molecule has 0 unspecified atom stereocenters. The molecule has 2 N–H and O–H groups in total. The van der Waals surface area contributed by atoms with Crippen LogP contribution in [0, 0.1) is 23.2 Å². The fraction of sp³-hybridized carbons (Fsp3) is 0.708. The van der Waals surface area contributed by atoms with Crippen LogP contribution >= 0.6 is 0 Å². The van der Waals surface area contributed by atoms with E-state index in [-0.39, 0.29) is 40.7 Å². The minimum Gasteiger partial charge on any atom is -0.508 e. The summed E-state index contributed by atoms with van der Waals surface area (Å²) in [5.74, 6) is 0.717. The molecule has 2 aliphatic carbocycles. The van der Waals surface area contributed by atoms with Crippen molar-refractivity contribution in [1.29, 1.82) is 0 Å². The number of nitrogens with zero attached hydrogens (tertiary/aromatic N) is 1. The number of hydrogen-bond donors (Lipinski definition) is 2. The number of hydrogen-bond acceptors (Lipinski definition) is 6. The van der Waals surface area contributed by atoms with E-state index in [9.17, 15) is 15.0 Å². The highest BCUT2D eigenvalue weighted by molar-refractivity contribution is 5.75. The predicted molar refractivity (Wildman–Crippen MR) is 111 cm³/mol. The van der Waals surface area contributed by atoms with Crippen molar-refractivity contribution in [1.82, 2.24) is 4.90 Å². The molecule has 0 amide bonds. The molecule has 1 aromatic rings. The molecule has 7 atom stereocenters. The van der Waals surface area contributed by atoms with E-state index < -0.39 is 6.10 Å². The molecule has 4 fully saturated rings. The molecule has 5 rings (SSSR count). The zero-order chi connectivity index (χ0) is 21.1. The standard InChI is InChI=1S/C24H33NO5/c1-23-8-3-9-24(14-29-24)21(23)10-17-18(22(28)30-20(17)11-23)12-25(2)13-19(27)15-4-6-16(26)7-5-15/h4-7,17-21,26-27H,3,8-14H2,1-2H3/t17-,18+,19+,20-,21-,23-,24+/m1/s1. The Kier molecular flexibility index (Phi) is 4.88. The van der Waals surface area contributed by atoms with Crippen molar-refractivity contribution in [3.8, 4) is 5.75 Å². The van der Waals surface area contributed by atoms with Gasteiger partial charge in [-0.2, -0.15) is 0 Å². The molecular formula is C24H33NO5. The van der Waals surface area contributed by atoms with Gasteiger partial charge in [-0.15, -0.1) is 0 Å². The van der Waals surface area contributed by atoms with Gasteiger partial charge in [-0.3, -0.25) is 4.79 Å². The molecule has 1 aromatic carbocycles. The molecular weight excluding hydrogens is 382 g/mol. The number of fused-ring (bicyclic) bond motifs is 3. The predicted octanol–water partition coefficient (Wildman–Crippen LogP) is 2.88. The van der Waals surface area contributed by atoms with Gasteiger partial charge in [0.2, 0.25) is 0 Å². The maximum atomic E-state index is 12.8. The molecule has 2 heterocycles. The van der Waals surface area contributed by atoms with Crippen molar-refractivity contribution in [2.45, 2.75) is 56.8 Å². The van der Waals surface area contributed by atoms with Crippen molar-refractivity contribution < 1.29 is 24.5 Å². The van der Waals surface area contributed by atoms with Crippen LogP contribution in [0.1, 0.15) is 50.7 Å². The molecule has 2 saturated carbocycles. The number of benzene rings is 1. The Labute approximate surface area is 178 Å². The first-order chi connectivity index (χ1) is 14.3. The number of carbonyl (C=O) groups excluding carboxylic acids is 1. The van der Waals surface area contributed by atoms with Crippen molar-refractivity contribution in [3.05, 3.63) is 29.8 Å². The molecule has 2 aliphatic heterocycles. The first-order valence-corrected chi connectivity index (χ1v) is 11.3. The third-order valence-electron chi connectivity index (χ3n) is 8.35. The Morgan fingerprint density at radius 2 is 2.00 bits per heavy atom. The number of esters is 1. The summed E-state index contributed by atoms with van der Waals surface area (Å²) < 4.78 is 11.9. The van der Waals surface area contributed by atoms with E-state index in [1.54, 1.807) is 24.3 Å². The number of phenolic OH excluding ortho intramolecular Hbond substituents is 1. The Bertz CT molecular complexity index is 806. The quantitative estimate of drug-likeness (QED) is 0.568. The molecule has 6 nitrogen and oxygen atoms in total. The van der Waals surface area contributed by atoms with Gasteiger partial charge in [0.25, 0.3) is 0 Å². The highest BCUT2D eigenvalue weighted by Crippen LogP contribution is 2.62. The first kappa shape index (κ1) is 20.3. The summed E-state index contributed by atoms with van der Waals surface area (Å²) in [4.78, 5) is 14.8. The number of epoxide rings is 1. The fourth-order valence-electron chi connectivity index (χ4n) is 6.67. The zero-order valence-corrected chi connectivity index (χ0v) is 17.9. The van der Waals surface area contributed by atoms with Gasteiger partial charge in [0, 0.05) is 19.0 Å². The number of rotatable bonds is 5. The minimum absolute atomic E-state index is 0.0214. The van der Waals surface area contributed by atoms with E-state index in [1.165, 1.54) is 12.8 Å². The zero-order valence-electron chi connectivity index (χ0n) is 17.9. The smallest absolute Gasteiger partial charge is 0.310 e. The van der Waals surface area contributed by atoms with Crippen LogP contribution in [0.5, 0.6) is 5.75 Å². The summed E-state index contributed by atoms with van der Waals surface area (Å²) >= 11 is 0. The van der Waals surface area contributed by atoms with E-state index in [2.05, 4.69) is 6.92 Å². The van der Waals surface area contributed by atoms with Gasteiger partial charge < -0.3 is 24.6 Å². The molecule has 6 heteroatoms. The van der Waals surface area contributed by atoms with E-state index in [0.29, 0.717) is 19.0 Å². The third kappa shape index (κ3) is 3.43. The number of carbonyl (C=O) groups is 1. The SMILES string of the molecule is CN(C[C@@H]1C(=O)O[C@@H]2C[C@@]3(C)CCC[C@]4(CO4)[C@@H]3C[C@H]12)C[C@H](O)c1ccc(O)cc1. The highest BCUT2D eigenvalue weighted by Gasteiger charge is 2.65. The largest absolute Gasteiger partial charge is 0.508 e. The van der Waals surface area contributed by atoms with Gasteiger partial charge in [0.15, 0.2) is 0 Å². The molecule has 4 aliphatic rings. The Balaban J connectivity index is 1.26. The van der Waals surface area contributed by atoms with Gasteiger partial charge >= 0.3 is 5.97 Å². The van der Waals surface area contributed by atoms with Crippen molar-refractivity contribution in [2.75, 3.05) is 26.7 Å². The summed E-state index contributed by atoms with van der Waals surface area (Å²) in [5.41, 5.74) is 1.04. The fourth-order valence-corrected chi connectivity index (χ4v) is 6.67. The second-order valence-corrected chi connectivity index (χ2v) is 10.4. The van der Waals surface area contributed by atoms with Gasteiger partial charge in [0.1, 0.15) is 11.9 Å². The average Bonchev–Trinajstić information content (AvgIpc) is 3.40. The normalized spacial score (nSPS) is 40.7. The number of aromatic hydroxyl groups is 1. The second-order valence-electron chi connectivity index (χ2n) is 10.4. The molecule has 0 radical (unpaired) electrons. The minimum atomic E-state index is -0.667. The monoisotopic (exact) mass is 415 g/mol. The number of phenols is 1.